The number of hydrogen-bond donors (Lipinski definition) is 1. The van der Waals surface area contributed by atoms with Crippen molar-refractivity contribution in [2.24, 2.45) is 0 Å². The first kappa shape index (κ1) is 16.6. The molecule has 0 saturated heterocycles. The summed E-state index contributed by atoms with van der Waals surface area (Å²) in [5.74, 6) is -0.567. The van der Waals surface area contributed by atoms with Gasteiger partial charge in [-0.25, -0.2) is 9.37 Å². The zero-order chi connectivity index (χ0) is 16.9. The third kappa shape index (κ3) is 4.63. The first-order valence-electron chi connectivity index (χ1n) is 7.32. The largest absolute Gasteiger partial charge is 0.302 e. The van der Waals surface area contributed by atoms with Gasteiger partial charge >= 0.3 is 0 Å². The van der Waals surface area contributed by atoms with Crippen molar-refractivity contribution in [2.75, 3.05) is 5.32 Å². The van der Waals surface area contributed by atoms with Gasteiger partial charge in [0.25, 0.3) is 0 Å². The van der Waals surface area contributed by atoms with E-state index in [9.17, 15) is 9.18 Å². The van der Waals surface area contributed by atoms with Crippen LogP contribution < -0.4 is 5.32 Å². The monoisotopic (exact) mass is 360 g/mol. The van der Waals surface area contributed by atoms with Crippen LogP contribution in [0.2, 0.25) is 5.02 Å². The molecular weight excluding hydrogens is 347 g/mol. The molecule has 1 aromatic heterocycles. The number of carbonyl (C=O) groups excluding carboxylic acids is 1. The standard InChI is InChI=1S/C18H14ClFN2OS/c19-14-5-1-3-12(7-14)9-16-11-21-18(24-16)22-17(23)10-13-4-2-6-15(20)8-13/h1-8,11H,9-10H2,(H,21,22,23). The van der Waals surface area contributed by atoms with Gasteiger partial charge in [0.2, 0.25) is 5.91 Å². The molecule has 1 amide bonds. The van der Waals surface area contributed by atoms with E-state index in [-0.39, 0.29) is 18.1 Å². The van der Waals surface area contributed by atoms with Gasteiger partial charge in [0.1, 0.15) is 5.82 Å². The fourth-order valence-electron chi connectivity index (χ4n) is 2.29. The normalized spacial score (nSPS) is 10.6. The molecule has 2 aromatic carbocycles. The Morgan fingerprint density at radius 1 is 1.17 bits per heavy atom. The van der Waals surface area contributed by atoms with E-state index < -0.39 is 0 Å². The summed E-state index contributed by atoms with van der Waals surface area (Å²) in [5, 5.41) is 3.98. The van der Waals surface area contributed by atoms with Crippen LogP contribution in [-0.4, -0.2) is 10.9 Å². The Kier molecular flexibility index (Phi) is 5.23. The van der Waals surface area contributed by atoms with Crippen molar-refractivity contribution in [1.29, 1.82) is 0 Å². The Hall–Kier alpha value is -2.24. The van der Waals surface area contributed by atoms with Gasteiger partial charge in [0.15, 0.2) is 5.13 Å². The van der Waals surface area contributed by atoms with Crippen molar-refractivity contribution >= 4 is 34.0 Å². The van der Waals surface area contributed by atoms with Crippen LogP contribution in [0.1, 0.15) is 16.0 Å². The fraction of sp³-hybridized carbons (Fsp3) is 0.111. The molecule has 3 nitrogen and oxygen atoms in total. The number of aromatic nitrogens is 1. The number of rotatable bonds is 5. The Morgan fingerprint density at radius 3 is 2.75 bits per heavy atom. The molecule has 0 aliphatic rings. The van der Waals surface area contributed by atoms with Gasteiger partial charge in [-0.3, -0.25) is 4.79 Å². The summed E-state index contributed by atoms with van der Waals surface area (Å²) < 4.78 is 13.1. The Morgan fingerprint density at radius 2 is 1.96 bits per heavy atom. The molecule has 1 N–H and O–H groups in total. The highest BCUT2D eigenvalue weighted by molar-refractivity contribution is 7.15. The molecule has 0 saturated carbocycles. The molecule has 0 aliphatic heterocycles. The van der Waals surface area contributed by atoms with Crippen LogP contribution in [0.25, 0.3) is 0 Å². The van der Waals surface area contributed by atoms with E-state index in [0.717, 1.165) is 10.4 Å². The molecule has 1 heterocycles. The molecular formula is C18H14ClFN2OS. The minimum absolute atomic E-state index is 0.112. The van der Waals surface area contributed by atoms with Gasteiger partial charge < -0.3 is 5.32 Å². The lowest BCUT2D eigenvalue weighted by Gasteiger charge is -2.02. The number of anilines is 1. The van der Waals surface area contributed by atoms with E-state index in [2.05, 4.69) is 10.3 Å². The molecule has 3 aromatic rings. The molecule has 0 atom stereocenters. The summed E-state index contributed by atoms with van der Waals surface area (Å²) in [6.45, 7) is 0. The van der Waals surface area contributed by atoms with Crippen molar-refractivity contribution in [3.05, 3.63) is 81.6 Å². The van der Waals surface area contributed by atoms with Crippen molar-refractivity contribution in [2.45, 2.75) is 12.8 Å². The average molecular weight is 361 g/mol. The molecule has 0 unspecified atom stereocenters. The molecule has 0 bridgehead atoms. The number of thiazole rings is 1. The maximum absolute atomic E-state index is 13.1. The zero-order valence-electron chi connectivity index (χ0n) is 12.6. The second-order valence-corrected chi connectivity index (χ2v) is 6.84. The molecule has 0 aliphatic carbocycles. The van der Waals surface area contributed by atoms with Gasteiger partial charge in [-0.1, -0.05) is 35.9 Å². The third-order valence-corrected chi connectivity index (χ3v) is 4.47. The van der Waals surface area contributed by atoms with E-state index in [1.54, 1.807) is 18.3 Å². The number of benzene rings is 2. The van der Waals surface area contributed by atoms with Crippen molar-refractivity contribution < 1.29 is 9.18 Å². The smallest absolute Gasteiger partial charge is 0.230 e. The summed E-state index contributed by atoms with van der Waals surface area (Å²) >= 11 is 7.39. The van der Waals surface area contributed by atoms with E-state index in [4.69, 9.17) is 11.6 Å². The summed E-state index contributed by atoms with van der Waals surface area (Å²) in [5.41, 5.74) is 1.71. The quantitative estimate of drug-likeness (QED) is 0.716. The van der Waals surface area contributed by atoms with Crippen LogP contribution >= 0.6 is 22.9 Å². The minimum Gasteiger partial charge on any atom is -0.302 e. The van der Waals surface area contributed by atoms with Crippen molar-refractivity contribution in [3.8, 4) is 0 Å². The molecule has 6 heteroatoms. The predicted molar refractivity (Wildman–Crippen MR) is 95.1 cm³/mol. The molecule has 122 valence electrons. The van der Waals surface area contributed by atoms with Crippen LogP contribution in [0.15, 0.2) is 54.7 Å². The second kappa shape index (κ2) is 7.55. The summed E-state index contributed by atoms with van der Waals surface area (Å²) in [6.07, 6.45) is 2.56. The van der Waals surface area contributed by atoms with Gasteiger partial charge in [-0.05, 0) is 35.4 Å². The topological polar surface area (TPSA) is 42.0 Å². The van der Waals surface area contributed by atoms with Gasteiger partial charge in [-0.2, -0.15) is 0 Å². The highest BCUT2D eigenvalue weighted by Gasteiger charge is 2.09. The third-order valence-electron chi connectivity index (χ3n) is 3.32. The lowest BCUT2D eigenvalue weighted by Crippen LogP contribution is -2.14. The summed E-state index contributed by atoms with van der Waals surface area (Å²) in [6, 6.07) is 13.6. The average Bonchev–Trinajstić information content (AvgIpc) is 2.94. The number of hydrogen-bond acceptors (Lipinski definition) is 3. The summed E-state index contributed by atoms with van der Waals surface area (Å²) in [4.78, 5) is 17.3. The fourth-order valence-corrected chi connectivity index (χ4v) is 3.37. The van der Waals surface area contributed by atoms with Gasteiger partial charge in [0, 0.05) is 22.5 Å². The van der Waals surface area contributed by atoms with Crippen LogP contribution in [0.4, 0.5) is 9.52 Å². The highest BCUT2D eigenvalue weighted by atomic mass is 35.5. The number of amides is 1. The summed E-state index contributed by atoms with van der Waals surface area (Å²) in [7, 11) is 0. The van der Waals surface area contributed by atoms with E-state index in [1.807, 2.05) is 24.3 Å². The SMILES string of the molecule is O=C(Cc1cccc(F)c1)Nc1ncc(Cc2cccc(Cl)c2)s1. The van der Waals surface area contributed by atoms with Crippen LogP contribution in [-0.2, 0) is 17.6 Å². The van der Waals surface area contributed by atoms with E-state index in [1.165, 1.54) is 23.5 Å². The molecule has 24 heavy (non-hydrogen) atoms. The minimum atomic E-state index is -0.349. The van der Waals surface area contributed by atoms with Crippen LogP contribution in [0, 0.1) is 5.82 Å². The highest BCUT2D eigenvalue weighted by Crippen LogP contribution is 2.22. The Bertz CT molecular complexity index is 865. The Balaban J connectivity index is 1.60. The van der Waals surface area contributed by atoms with Gasteiger partial charge in [0.05, 0.1) is 6.42 Å². The lowest BCUT2D eigenvalue weighted by atomic mass is 10.1. The van der Waals surface area contributed by atoms with E-state index >= 15 is 0 Å². The van der Waals surface area contributed by atoms with Crippen LogP contribution in [0.5, 0.6) is 0 Å². The lowest BCUT2D eigenvalue weighted by molar-refractivity contribution is -0.115. The first-order chi connectivity index (χ1) is 11.6. The van der Waals surface area contributed by atoms with E-state index in [0.29, 0.717) is 22.1 Å². The first-order valence-corrected chi connectivity index (χ1v) is 8.51. The number of carbonyl (C=O) groups is 1. The molecule has 0 fully saturated rings. The number of nitrogens with one attached hydrogen (secondary N) is 1. The van der Waals surface area contributed by atoms with Crippen molar-refractivity contribution in [1.82, 2.24) is 4.98 Å². The predicted octanol–water partition coefficient (Wildman–Crippen LogP) is 4.71. The maximum Gasteiger partial charge on any atom is 0.230 e. The Labute approximate surface area is 148 Å². The number of halogens is 2. The molecule has 0 spiro atoms. The maximum atomic E-state index is 13.1. The molecule has 0 radical (unpaired) electrons. The second-order valence-electron chi connectivity index (χ2n) is 5.29. The zero-order valence-corrected chi connectivity index (χ0v) is 14.2. The van der Waals surface area contributed by atoms with Gasteiger partial charge in [-0.15, -0.1) is 11.3 Å². The van der Waals surface area contributed by atoms with Crippen molar-refractivity contribution in [3.63, 3.8) is 0 Å². The number of nitrogens with zero attached hydrogens (tertiary/aromatic N) is 1. The molecule has 3 rings (SSSR count). The van der Waals surface area contributed by atoms with Crippen LogP contribution in [0.3, 0.4) is 0 Å².